The molecule has 2 aliphatic heterocycles. The van der Waals surface area contributed by atoms with Crippen molar-refractivity contribution in [2.24, 2.45) is 0 Å². The van der Waals surface area contributed by atoms with E-state index in [0.717, 1.165) is 37.1 Å². The van der Waals surface area contributed by atoms with Gasteiger partial charge in [-0.3, -0.25) is 4.79 Å². The molecule has 1 atom stereocenters. The topological polar surface area (TPSA) is 87.3 Å². The molecule has 0 aliphatic carbocycles. The number of carbonyl (C=O) groups is 1. The Morgan fingerprint density at radius 2 is 2.09 bits per heavy atom. The molecule has 2 heterocycles. The Morgan fingerprint density at radius 3 is 2.86 bits per heavy atom. The first-order valence-electron chi connectivity index (χ1n) is 7.70. The number of amides is 1. The highest BCUT2D eigenvalue weighted by molar-refractivity contribution is 7.89. The van der Waals surface area contributed by atoms with Gasteiger partial charge in [-0.25, -0.2) is 13.1 Å². The van der Waals surface area contributed by atoms with Crippen molar-refractivity contribution in [1.82, 2.24) is 10.0 Å². The van der Waals surface area contributed by atoms with E-state index in [1.807, 2.05) is 0 Å². The predicted octanol–water partition coefficient (Wildman–Crippen LogP) is 0.992. The lowest BCUT2D eigenvalue weighted by Gasteiger charge is -2.13. The van der Waals surface area contributed by atoms with E-state index in [2.05, 4.69) is 15.4 Å². The molecule has 2 aliphatic rings. The number of sulfonamides is 1. The number of hydrogen-bond donors (Lipinski definition) is 3. The first-order valence-corrected chi connectivity index (χ1v) is 9.19. The van der Waals surface area contributed by atoms with Crippen LogP contribution in [0.15, 0.2) is 23.1 Å². The molecule has 1 unspecified atom stereocenters. The van der Waals surface area contributed by atoms with Gasteiger partial charge in [0.25, 0.3) is 0 Å². The summed E-state index contributed by atoms with van der Waals surface area (Å²) in [5.41, 5.74) is 1.60. The number of rotatable bonds is 4. The Morgan fingerprint density at radius 1 is 1.23 bits per heavy atom. The number of benzene rings is 1. The number of carbonyl (C=O) groups excluding carboxylic acids is 1. The minimum atomic E-state index is -3.51. The van der Waals surface area contributed by atoms with Crippen molar-refractivity contribution in [2.45, 2.75) is 43.0 Å². The Balaban J connectivity index is 1.75. The van der Waals surface area contributed by atoms with Crippen LogP contribution in [-0.4, -0.2) is 33.5 Å². The van der Waals surface area contributed by atoms with Crippen molar-refractivity contribution in [3.63, 3.8) is 0 Å². The average molecular weight is 323 g/mol. The fraction of sp³-hybridized carbons (Fsp3) is 0.533. The lowest BCUT2D eigenvalue weighted by molar-refractivity contribution is -0.116. The van der Waals surface area contributed by atoms with Crippen LogP contribution >= 0.6 is 0 Å². The van der Waals surface area contributed by atoms with Crippen molar-refractivity contribution in [3.05, 3.63) is 23.8 Å². The molecule has 6 nitrogen and oxygen atoms in total. The van der Waals surface area contributed by atoms with Gasteiger partial charge in [0.05, 0.1) is 4.90 Å². The molecule has 1 saturated heterocycles. The van der Waals surface area contributed by atoms with Gasteiger partial charge in [0.1, 0.15) is 0 Å². The van der Waals surface area contributed by atoms with Crippen LogP contribution < -0.4 is 15.4 Å². The molecule has 0 radical (unpaired) electrons. The molecule has 1 fully saturated rings. The van der Waals surface area contributed by atoms with Crippen molar-refractivity contribution in [3.8, 4) is 0 Å². The van der Waals surface area contributed by atoms with Crippen molar-refractivity contribution >= 4 is 21.6 Å². The van der Waals surface area contributed by atoms with Gasteiger partial charge < -0.3 is 10.6 Å². The molecule has 0 bridgehead atoms. The third-order valence-corrected chi connectivity index (χ3v) is 5.61. The highest BCUT2D eigenvalue weighted by Gasteiger charge is 2.21. The number of hydrogen-bond acceptors (Lipinski definition) is 4. The Hall–Kier alpha value is -1.44. The maximum absolute atomic E-state index is 12.4. The van der Waals surface area contributed by atoms with Crippen molar-refractivity contribution in [1.29, 1.82) is 0 Å². The molecule has 3 rings (SSSR count). The van der Waals surface area contributed by atoms with Crippen LogP contribution in [0, 0.1) is 0 Å². The first-order chi connectivity index (χ1) is 10.5. The molecule has 22 heavy (non-hydrogen) atoms. The van der Waals surface area contributed by atoms with Gasteiger partial charge in [-0.15, -0.1) is 0 Å². The third kappa shape index (κ3) is 3.48. The summed E-state index contributed by atoms with van der Waals surface area (Å²) in [6.07, 6.45) is 4.01. The van der Waals surface area contributed by atoms with Gasteiger partial charge in [0, 0.05) is 24.7 Å². The van der Waals surface area contributed by atoms with Crippen molar-refractivity contribution < 1.29 is 13.2 Å². The summed E-state index contributed by atoms with van der Waals surface area (Å²) in [6.45, 7) is 1.36. The SMILES string of the molecule is O=C1CCCc2cc(S(=O)(=O)NCC3CCCN3)ccc2N1. The van der Waals surface area contributed by atoms with Crippen LogP contribution in [0.1, 0.15) is 31.2 Å². The molecule has 1 aromatic rings. The van der Waals surface area contributed by atoms with Gasteiger partial charge in [-0.05, 0) is 56.0 Å². The lowest BCUT2D eigenvalue weighted by atomic mass is 10.1. The highest BCUT2D eigenvalue weighted by Crippen LogP contribution is 2.25. The molecule has 0 saturated carbocycles. The van der Waals surface area contributed by atoms with Crippen LogP contribution in [0.25, 0.3) is 0 Å². The predicted molar refractivity (Wildman–Crippen MR) is 84.2 cm³/mol. The largest absolute Gasteiger partial charge is 0.326 e. The minimum absolute atomic E-state index is 0.0141. The molecule has 7 heteroatoms. The summed E-state index contributed by atoms with van der Waals surface area (Å²) in [7, 11) is -3.51. The number of aryl methyl sites for hydroxylation is 1. The van der Waals surface area contributed by atoms with E-state index >= 15 is 0 Å². The second kappa shape index (κ2) is 6.36. The van der Waals surface area contributed by atoms with E-state index in [9.17, 15) is 13.2 Å². The van der Waals surface area contributed by atoms with E-state index in [4.69, 9.17) is 0 Å². The van der Waals surface area contributed by atoms with Gasteiger partial charge in [-0.2, -0.15) is 0 Å². The second-order valence-electron chi connectivity index (χ2n) is 5.87. The maximum Gasteiger partial charge on any atom is 0.240 e. The fourth-order valence-corrected chi connectivity index (χ4v) is 4.07. The van der Waals surface area contributed by atoms with E-state index in [-0.39, 0.29) is 16.8 Å². The summed E-state index contributed by atoms with van der Waals surface area (Å²) >= 11 is 0. The summed E-state index contributed by atoms with van der Waals surface area (Å²) in [6, 6.07) is 5.12. The standard InChI is InChI=1S/C15H21N3O3S/c19-15-5-1-3-11-9-13(6-7-14(11)18-15)22(20,21)17-10-12-4-2-8-16-12/h6-7,9,12,16-17H,1-5,8,10H2,(H,18,19). The average Bonchev–Trinajstić information content (AvgIpc) is 2.93. The van der Waals surface area contributed by atoms with Crippen molar-refractivity contribution in [2.75, 3.05) is 18.4 Å². The van der Waals surface area contributed by atoms with Crippen LogP contribution in [-0.2, 0) is 21.2 Å². The second-order valence-corrected chi connectivity index (χ2v) is 7.63. The third-order valence-electron chi connectivity index (χ3n) is 4.19. The van der Waals surface area contributed by atoms with Crippen LogP contribution in [0.5, 0.6) is 0 Å². The molecule has 3 N–H and O–H groups in total. The van der Waals surface area contributed by atoms with Gasteiger partial charge in [0.2, 0.25) is 15.9 Å². The number of fused-ring (bicyclic) bond motifs is 1. The lowest BCUT2D eigenvalue weighted by Crippen LogP contribution is -2.37. The van der Waals surface area contributed by atoms with E-state index in [1.165, 1.54) is 0 Å². The number of nitrogens with one attached hydrogen (secondary N) is 3. The zero-order valence-corrected chi connectivity index (χ0v) is 13.2. The summed E-state index contributed by atoms with van der Waals surface area (Å²) < 4.78 is 27.5. The monoisotopic (exact) mass is 323 g/mol. The zero-order chi connectivity index (χ0) is 15.6. The fourth-order valence-electron chi connectivity index (χ4n) is 2.94. The van der Waals surface area contributed by atoms with Gasteiger partial charge >= 0.3 is 0 Å². The van der Waals surface area contributed by atoms with Crippen LogP contribution in [0.4, 0.5) is 5.69 Å². The molecule has 0 aromatic heterocycles. The van der Waals surface area contributed by atoms with Crippen LogP contribution in [0.3, 0.4) is 0 Å². The zero-order valence-electron chi connectivity index (χ0n) is 12.4. The van der Waals surface area contributed by atoms with E-state index in [0.29, 0.717) is 19.4 Å². The molecule has 0 spiro atoms. The summed E-state index contributed by atoms with van der Waals surface area (Å²) in [5, 5.41) is 6.08. The smallest absolute Gasteiger partial charge is 0.240 e. The van der Waals surface area contributed by atoms with Gasteiger partial charge in [0.15, 0.2) is 0 Å². The normalized spacial score (nSPS) is 22.0. The molecule has 1 aromatic carbocycles. The Bertz CT molecular complexity index is 667. The molecular formula is C15H21N3O3S. The quantitative estimate of drug-likeness (QED) is 0.771. The molecular weight excluding hydrogens is 302 g/mol. The molecule has 120 valence electrons. The van der Waals surface area contributed by atoms with Crippen LogP contribution in [0.2, 0.25) is 0 Å². The molecule has 1 amide bonds. The Labute approximate surface area is 130 Å². The first kappa shape index (κ1) is 15.5. The number of anilines is 1. The highest BCUT2D eigenvalue weighted by atomic mass is 32.2. The summed E-state index contributed by atoms with van der Waals surface area (Å²) in [5.74, 6) is -0.0141. The maximum atomic E-state index is 12.4. The summed E-state index contributed by atoms with van der Waals surface area (Å²) in [4.78, 5) is 11.8. The van der Waals surface area contributed by atoms with E-state index < -0.39 is 10.0 Å². The van der Waals surface area contributed by atoms with Gasteiger partial charge in [-0.1, -0.05) is 0 Å². The minimum Gasteiger partial charge on any atom is -0.326 e. The van der Waals surface area contributed by atoms with E-state index in [1.54, 1.807) is 18.2 Å². The Kier molecular flexibility index (Phi) is 4.46.